The van der Waals surface area contributed by atoms with E-state index < -0.39 is 18.2 Å². The minimum absolute atomic E-state index is 0. The molecule has 1 fully saturated rings. The van der Waals surface area contributed by atoms with Crippen LogP contribution in [0, 0.1) is 5.92 Å². The lowest BCUT2D eigenvalue weighted by Gasteiger charge is -2.28. The second kappa shape index (κ2) is 11.6. The first-order chi connectivity index (χ1) is 8.15. The van der Waals surface area contributed by atoms with Crippen LogP contribution in [-0.2, 0) is 0 Å². The number of hydrogen-bond acceptors (Lipinski definition) is 4. The highest BCUT2D eigenvalue weighted by molar-refractivity contribution is 5.85. The van der Waals surface area contributed by atoms with Crippen molar-refractivity contribution in [3.63, 3.8) is 0 Å². The molecule has 1 saturated carbocycles. The predicted octanol–water partition coefficient (Wildman–Crippen LogP) is 2.16. The van der Waals surface area contributed by atoms with E-state index in [2.05, 4.69) is 10.0 Å². The number of aliphatic hydroxyl groups excluding tert-OH is 2. The normalized spacial score (nSPS) is 20.2. The molecule has 0 radical (unpaired) electrons. The molecule has 114 valence electrons. The lowest BCUT2D eigenvalue weighted by molar-refractivity contribution is 0.00382. The van der Waals surface area contributed by atoms with Crippen molar-refractivity contribution < 1.29 is 10.2 Å². The van der Waals surface area contributed by atoms with Gasteiger partial charge in [-0.25, -0.2) is 0 Å². The summed E-state index contributed by atoms with van der Waals surface area (Å²) in [5.41, 5.74) is 14.0. The topological polar surface area (TPSA) is 115 Å². The Hall–Kier alpha value is -0.230. The molecule has 1 aliphatic carbocycles. The third-order valence-electron chi connectivity index (χ3n) is 3.50. The minimum Gasteiger partial charge on any atom is -0.390 e. The molecule has 0 aromatic carbocycles. The van der Waals surface area contributed by atoms with E-state index in [0.29, 0.717) is 5.92 Å². The molecule has 0 aromatic heterocycles. The van der Waals surface area contributed by atoms with E-state index in [0.717, 1.165) is 19.3 Å². The molecule has 0 aromatic rings. The van der Waals surface area contributed by atoms with Crippen molar-refractivity contribution in [3.8, 4) is 0 Å². The highest BCUT2D eigenvalue weighted by Crippen LogP contribution is 2.27. The largest absolute Gasteiger partial charge is 0.390 e. The number of nitrogens with zero attached hydrogens (tertiary/aromatic N) is 3. The Labute approximate surface area is 126 Å². The van der Waals surface area contributed by atoms with Crippen LogP contribution in [0.2, 0.25) is 0 Å². The van der Waals surface area contributed by atoms with Gasteiger partial charge in [0.1, 0.15) is 0 Å². The Kier molecular flexibility index (Phi) is 12.8. The SMILES string of the molecule is Cl.Cl.[N-]=[N+]=NC[C@H](O)[C@H](O)[C@@H](N)CC1CCCCC1. The summed E-state index contributed by atoms with van der Waals surface area (Å²) in [6, 6.07) is -0.443. The lowest BCUT2D eigenvalue weighted by Crippen LogP contribution is -2.45. The third kappa shape index (κ3) is 7.82. The number of nitrogens with two attached hydrogens (primary N) is 1. The van der Waals surface area contributed by atoms with E-state index in [1.807, 2.05) is 0 Å². The average molecular weight is 315 g/mol. The first-order valence-electron chi connectivity index (χ1n) is 6.27. The van der Waals surface area contributed by atoms with E-state index in [1.54, 1.807) is 0 Å². The zero-order valence-corrected chi connectivity index (χ0v) is 12.5. The quantitative estimate of drug-likeness (QED) is 0.396. The smallest absolute Gasteiger partial charge is 0.0950 e. The van der Waals surface area contributed by atoms with Crippen LogP contribution in [0.5, 0.6) is 0 Å². The molecule has 0 aliphatic heterocycles. The molecule has 0 unspecified atom stereocenters. The summed E-state index contributed by atoms with van der Waals surface area (Å²) in [6.45, 7) is -0.129. The summed E-state index contributed by atoms with van der Waals surface area (Å²) >= 11 is 0. The van der Waals surface area contributed by atoms with Crippen molar-refractivity contribution in [3.05, 3.63) is 10.4 Å². The Morgan fingerprint density at radius 3 is 2.32 bits per heavy atom. The third-order valence-corrected chi connectivity index (χ3v) is 3.50. The number of hydrogen-bond donors (Lipinski definition) is 3. The van der Waals surface area contributed by atoms with Gasteiger partial charge in [0.05, 0.1) is 18.8 Å². The van der Waals surface area contributed by atoms with Crippen molar-refractivity contribution >= 4 is 24.8 Å². The van der Waals surface area contributed by atoms with Crippen molar-refractivity contribution in [1.82, 2.24) is 0 Å². The Balaban J connectivity index is 0. The second-order valence-electron chi connectivity index (χ2n) is 4.87. The molecule has 19 heavy (non-hydrogen) atoms. The van der Waals surface area contributed by atoms with Crippen LogP contribution in [0.4, 0.5) is 0 Å². The molecular formula is C11H24Cl2N4O2. The lowest BCUT2D eigenvalue weighted by atomic mass is 9.83. The van der Waals surface area contributed by atoms with Gasteiger partial charge in [0.25, 0.3) is 0 Å². The van der Waals surface area contributed by atoms with Gasteiger partial charge in [-0.15, -0.1) is 24.8 Å². The minimum atomic E-state index is -1.07. The van der Waals surface area contributed by atoms with E-state index >= 15 is 0 Å². The highest BCUT2D eigenvalue weighted by Gasteiger charge is 2.26. The molecule has 0 bridgehead atoms. The summed E-state index contributed by atoms with van der Waals surface area (Å²) in [4.78, 5) is 2.55. The fourth-order valence-electron chi connectivity index (χ4n) is 2.46. The molecular weight excluding hydrogens is 291 g/mol. The summed E-state index contributed by atoms with van der Waals surface area (Å²) in [7, 11) is 0. The molecule has 8 heteroatoms. The van der Waals surface area contributed by atoms with Crippen LogP contribution in [0.1, 0.15) is 38.5 Å². The molecule has 0 amide bonds. The first kappa shape index (κ1) is 21.1. The van der Waals surface area contributed by atoms with Crippen LogP contribution >= 0.6 is 24.8 Å². The Morgan fingerprint density at radius 1 is 1.21 bits per heavy atom. The van der Waals surface area contributed by atoms with Crippen LogP contribution in [0.25, 0.3) is 10.4 Å². The van der Waals surface area contributed by atoms with Crippen molar-refractivity contribution in [1.29, 1.82) is 0 Å². The van der Waals surface area contributed by atoms with Gasteiger partial charge in [-0.2, -0.15) is 0 Å². The summed E-state index contributed by atoms with van der Waals surface area (Å²) in [6.07, 6.45) is 4.72. The second-order valence-corrected chi connectivity index (χ2v) is 4.87. The van der Waals surface area contributed by atoms with Gasteiger partial charge in [0.2, 0.25) is 0 Å². The number of rotatable bonds is 6. The van der Waals surface area contributed by atoms with E-state index in [1.165, 1.54) is 19.3 Å². The Bertz CT molecular complexity index is 271. The molecule has 3 atom stereocenters. The van der Waals surface area contributed by atoms with Crippen molar-refractivity contribution in [2.24, 2.45) is 16.8 Å². The fourth-order valence-corrected chi connectivity index (χ4v) is 2.46. The van der Waals surface area contributed by atoms with Gasteiger partial charge in [-0.3, -0.25) is 0 Å². The molecule has 1 aliphatic rings. The van der Waals surface area contributed by atoms with E-state index in [4.69, 9.17) is 11.3 Å². The molecule has 0 heterocycles. The maximum Gasteiger partial charge on any atom is 0.0950 e. The predicted molar refractivity (Wildman–Crippen MR) is 79.7 cm³/mol. The van der Waals surface area contributed by atoms with E-state index in [9.17, 15) is 10.2 Å². The van der Waals surface area contributed by atoms with Crippen LogP contribution in [-0.4, -0.2) is 35.0 Å². The van der Waals surface area contributed by atoms with Crippen molar-refractivity contribution in [2.75, 3.05) is 6.54 Å². The van der Waals surface area contributed by atoms with E-state index in [-0.39, 0.29) is 31.4 Å². The molecule has 0 spiro atoms. The summed E-state index contributed by atoms with van der Waals surface area (Å²) in [5, 5.41) is 22.6. The van der Waals surface area contributed by atoms with Crippen LogP contribution < -0.4 is 5.73 Å². The number of aliphatic hydroxyl groups is 2. The number of azide groups is 1. The van der Waals surface area contributed by atoms with Gasteiger partial charge in [0, 0.05) is 11.0 Å². The van der Waals surface area contributed by atoms with Gasteiger partial charge >= 0.3 is 0 Å². The van der Waals surface area contributed by atoms with Gasteiger partial charge in [-0.05, 0) is 17.9 Å². The molecule has 1 rings (SSSR count). The summed E-state index contributed by atoms with van der Waals surface area (Å²) < 4.78 is 0. The fraction of sp³-hybridized carbons (Fsp3) is 1.00. The van der Waals surface area contributed by atoms with Gasteiger partial charge < -0.3 is 15.9 Å². The molecule has 6 nitrogen and oxygen atoms in total. The maximum atomic E-state index is 9.79. The van der Waals surface area contributed by atoms with Crippen LogP contribution in [0.15, 0.2) is 5.11 Å². The Morgan fingerprint density at radius 2 is 1.79 bits per heavy atom. The standard InChI is InChI=1S/C11H22N4O2.2ClH/c12-9(6-8-4-2-1-3-5-8)11(17)10(16)7-14-15-13;;/h8-11,16-17H,1-7,12H2;2*1H/t9-,10-,11+;;/m0../s1. The van der Waals surface area contributed by atoms with Gasteiger partial charge in [0.15, 0.2) is 0 Å². The number of halogens is 2. The van der Waals surface area contributed by atoms with Gasteiger partial charge in [-0.1, -0.05) is 37.2 Å². The average Bonchev–Trinajstić information content (AvgIpc) is 2.36. The highest BCUT2D eigenvalue weighted by atomic mass is 35.5. The zero-order valence-electron chi connectivity index (χ0n) is 10.9. The first-order valence-corrected chi connectivity index (χ1v) is 6.27. The molecule has 4 N–H and O–H groups in total. The van der Waals surface area contributed by atoms with Crippen LogP contribution in [0.3, 0.4) is 0 Å². The van der Waals surface area contributed by atoms with Crippen molar-refractivity contribution in [2.45, 2.75) is 56.8 Å². The molecule has 0 saturated heterocycles. The monoisotopic (exact) mass is 314 g/mol. The maximum absolute atomic E-state index is 9.79. The summed E-state index contributed by atoms with van der Waals surface area (Å²) in [5.74, 6) is 0.556. The zero-order chi connectivity index (χ0) is 12.7.